The lowest BCUT2D eigenvalue weighted by Gasteiger charge is -2.14. The number of aromatic nitrogens is 1. The molecule has 1 heterocycles. The van der Waals surface area contributed by atoms with Gasteiger partial charge in [0.25, 0.3) is 0 Å². The van der Waals surface area contributed by atoms with Crippen LogP contribution in [-0.4, -0.2) is 15.9 Å². The van der Waals surface area contributed by atoms with Crippen LogP contribution in [-0.2, 0) is 0 Å². The van der Waals surface area contributed by atoms with Crippen molar-refractivity contribution in [1.82, 2.24) is 4.98 Å². The van der Waals surface area contributed by atoms with E-state index in [1.165, 1.54) is 0 Å². The summed E-state index contributed by atoms with van der Waals surface area (Å²) in [6, 6.07) is 6.80. The Morgan fingerprint density at radius 1 is 1.47 bits per heavy atom. The van der Waals surface area contributed by atoms with Gasteiger partial charge in [0.05, 0.1) is 10.6 Å². The first-order valence-corrected chi connectivity index (χ1v) is 6.96. The fourth-order valence-corrected chi connectivity index (χ4v) is 2.78. The topological polar surface area (TPSA) is 39.6 Å². The smallest absolute Gasteiger partial charge is 0.343 e. The van der Waals surface area contributed by atoms with Gasteiger partial charge in [0.1, 0.15) is 6.07 Å². The van der Waals surface area contributed by atoms with E-state index in [-0.39, 0.29) is 22.4 Å². The van der Waals surface area contributed by atoms with Crippen LogP contribution < -0.4 is 0 Å². The molecule has 2 rings (SSSR count). The number of thioether (sulfide) groups is 1. The Morgan fingerprint density at radius 2 is 2.16 bits per heavy atom. The molecule has 0 saturated carbocycles. The summed E-state index contributed by atoms with van der Waals surface area (Å²) in [5.41, 5.74) is -2.27. The molecule has 100 valence electrons. The summed E-state index contributed by atoms with van der Waals surface area (Å²) in [7, 11) is 0. The predicted molar refractivity (Wildman–Crippen MR) is 72.3 cm³/mol. The number of rotatable bonds is 3. The van der Waals surface area contributed by atoms with Crippen LogP contribution in [0.1, 0.15) is 5.56 Å². The average molecular weight is 370 g/mol. The van der Waals surface area contributed by atoms with Crippen molar-refractivity contribution in [3.8, 4) is 6.07 Å². The molecule has 1 aromatic carbocycles. The predicted octanol–water partition coefficient (Wildman–Crippen LogP) is 5.02. The van der Waals surface area contributed by atoms with Gasteiger partial charge in [-0.3, -0.25) is 0 Å². The van der Waals surface area contributed by atoms with E-state index in [1.54, 1.807) is 18.2 Å². The molecule has 0 spiro atoms. The van der Waals surface area contributed by atoms with Gasteiger partial charge in [-0.15, -0.1) is 0 Å². The largest absolute Gasteiger partial charge is 0.348 e. The SMILES string of the molecule is N#Cc1c(SC(F)(F)C(F)Cl)[nH]c2ccc(Br)cc12. The fraction of sp³-hybridized carbons (Fsp3) is 0.182. The molecule has 8 heteroatoms. The molecule has 1 atom stereocenters. The van der Waals surface area contributed by atoms with Crippen molar-refractivity contribution in [2.75, 3.05) is 0 Å². The second-order valence-electron chi connectivity index (χ2n) is 3.60. The van der Waals surface area contributed by atoms with Crippen LogP contribution in [0.4, 0.5) is 13.2 Å². The van der Waals surface area contributed by atoms with Crippen LogP contribution in [0.25, 0.3) is 10.9 Å². The van der Waals surface area contributed by atoms with Gasteiger partial charge in [0.2, 0.25) is 5.63 Å². The number of benzene rings is 1. The average Bonchev–Trinajstić information content (AvgIpc) is 2.64. The third-order valence-electron chi connectivity index (χ3n) is 2.33. The van der Waals surface area contributed by atoms with Gasteiger partial charge in [-0.2, -0.15) is 14.0 Å². The highest BCUT2D eigenvalue weighted by atomic mass is 79.9. The minimum absolute atomic E-state index is 0.0401. The Kier molecular flexibility index (Phi) is 4.04. The zero-order valence-corrected chi connectivity index (χ0v) is 12.2. The number of hydrogen-bond acceptors (Lipinski definition) is 2. The lowest BCUT2D eigenvalue weighted by Crippen LogP contribution is -2.20. The zero-order valence-electron chi connectivity index (χ0n) is 9.05. The lowest BCUT2D eigenvalue weighted by molar-refractivity contribution is 0.0536. The molecule has 0 fully saturated rings. The third-order valence-corrected chi connectivity index (χ3v) is 4.22. The molecule has 1 N–H and O–H groups in total. The summed E-state index contributed by atoms with van der Waals surface area (Å²) < 4.78 is 39.9. The second-order valence-corrected chi connectivity index (χ2v) is 6.05. The summed E-state index contributed by atoms with van der Waals surface area (Å²) in [5, 5.41) is 5.63. The summed E-state index contributed by atoms with van der Waals surface area (Å²) >= 11 is 7.93. The summed E-state index contributed by atoms with van der Waals surface area (Å²) in [4.78, 5) is 2.67. The number of nitrogens with one attached hydrogen (secondary N) is 1. The number of hydrogen-bond donors (Lipinski definition) is 1. The molecule has 0 radical (unpaired) electrons. The fourth-order valence-electron chi connectivity index (χ4n) is 1.51. The number of nitrogens with zero attached hydrogens (tertiary/aromatic N) is 1. The molecular weight excluding hydrogens is 365 g/mol. The quantitative estimate of drug-likeness (QED) is 0.609. The Morgan fingerprint density at radius 3 is 2.74 bits per heavy atom. The maximum atomic E-state index is 13.3. The van der Waals surface area contributed by atoms with Crippen molar-refractivity contribution in [2.24, 2.45) is 0 Å². The van der Waals surface area contributed by atoms with Crippen molar-refractivity contribution in [2.45, 2.75) is 15.9 Å². The van der Waals surface area contributed by atoms with E-state index in [1.807, 2.05) is 6.07 Å². The monoisotopic (exact) mass is 368 g/mol. The number of fused-ring (bicyclic) bond motifs is 1. The van der Waals surface area contributed by atoms with E-state index >= 15 is 0 Å². The molecule has 2 aromatic rings. The highest BCUT2D eigenvalue weighted by Gasteiger charge is 2.41. The van der Waals surface area contributed by atoms with Crippen molar-refractivity contribution in [3.63, 3.8) is 0 Å². The van der Waals surface area contributed by atoms with Crippen molar-refractivity contribution >= 4 is 50.2 Å². The maximum Gasteiger partial charge on any atom is 0.343 e. The summed E-state index contributed by atoms with van der Waals surface area (Å²) in [5.74, 6) is 0. The highest BCUT2D eigenvalue weighted by molar-refractivity contribution is 9.10. The van der Waals surface area contributed by atoms with E-state index in [0.29, 0.717) is 15.4 Å². The summed E-state index contributed by atoms with van der Waals surface area (Å²) in [6.45, 7) is 0. The molecule has 0 amide bonds. The molecular formula is C11H5BrClF3N2S. The van der Waals surface area contributed by atoms with Crippen molar-refractivity contribution in [3.05, 3.63) is 28.2 Å². The van der Waals surface area contributed by atoms with Crippen molar-refractivity contribution < 1.29 is 13.2 Å². The Balaban J connectivity index is 2.53. The van der Waals surface area contributed by atoms with Gasteiger partial charge < -0.3 is 4.98 Å². The van der Waals surface area contributed by atoms with E-state index < -0.39 is 10.9 Å². The maximum absolute atomic E-state index is 13.3. The Hall–Kier alpha value is -0.840. The van der Waals surface area contributed by atoms with Crippen LogP contribution in [0.5, 0.6) is 0 Å². The minimum atomic E-state index is -3.81. The number of aromatic amines is 1. The molecule has 2 nitrogen and oxygen atoms in total. The van der Waals surface area contributed by atoms with Gasteiger partial charge in [-0.25, -0.2) is 4.39 Å². The molecule has 1 unspecified atom stereocenters. The third kappa shape index (κ3) is 2.86. The molecule has 1 aromatic heterocycles. The number of nitriles is 1. The Bertz CT molecular complexity index is 666. The van der Waals surface area contributed by atoms with Gasteiger partial charge >= 0.3 is 5.25 Å². The van der Waals surface area contributed by atoms with Crippen LogP contribution in [0, 0.1) is 11.3 Å². The van der Waals surface area contributed by atoms with Gasteiger partial charge in [0.15, 0.2) is 0 Å². The van der Waals surface area contributed by atoms with E-state index in [9.17, 15) is 13.2 Å². The van der Waals surface area contributed by atoms with Crippen LogP contribution in [0.3, 0.4) is 0 Å². The molecule has 0 bridgehead atoms. The van der Waals surface area contributed by atoms with E-state index in [0.717, 1.165) is 0 Å². The van der Waals surface area contributed by atoms with Crippen LogP contribution in [0.2, 0.25) is 0 Å². The van der Waals surface area contributed by atoms with Crippen LogP contribution >= 0.6 is 39.3 Å². The standard InChI is InChI=1S/C11H5BrClF3N2S/c12-5-1-2-8-6(3-5)7(4-17)9(18-8)19-11(15,16)10(13)14/h1-3,10,18H. The molecule has 0 aliphatic carbocycles. The lowest BCUT2D eigenvalue weighted by atomic mass is 10.2. The first-order chi connectivity index (χ1) is 8.85. The van der Waals surface area contributed by atoms with Crippen LogP contribution in [0.15, 0.2) is 27.7 Å². The molecule has 19 heavy (non-hydrogen) atoms. The highest BCUT2D eigenvalue weighted by Crippen LogP contribution is 2.43. The minimum Gasteiger partial charge on any atom is -0.348 e. The van der Waals surface area contributed by atoms with E-state index in [2.05, 4.69) is 20.9 Å². The molecule has 0 aliphatic rings. The second kappa shape index (κ2) is 5.27. The van der Waals surface area contributed by atoms with Gasteiger partial charge in [-0.1, -0.05) is 27.5 Å². The molecule has 0 aliphatic heterocycles. The number of H-pyrrole nitrogens is 1. The Labute approximate surface area is 124 Å². The molecule has 0 saturated heterocycles. The normalized spacial score (nSPS) is 13.5. The van der Waals surface area contributed by atoms with Gasteiger partial charge in [0, 0.05) is 15.4 Å². The number of halogens is 5. The first kappa shape index (κ1) is 14.6. The van der Waals surface area contributed by atoms with Gasteiger partial charge in [-0.05, 0) is 30.0 Å². The zero-order chi connectivity index (χ0) is 14.2. The van der Waals surface area contributed by atoms with Crippen molar-refractivity contribution in [1.29, 1.82) is 5.26 Å². The first-order valence-electron chi connectivity index (χ1n) is 4.91. The number of alkyl halides is 4. The van der Waals surface area contributed by atoms with E-state index in [4.69, 9.17) is 16.9 Å². The summed E-state index contributed by atoms with van der Waals surface area (Å²) in [6.07, 6.45) is 0.